The molecule has 1 saturated heterocycles. The lowest BCUT2D eigenvalue weighted by atomic mass is 10.1. The van der Waals surface area contributed by atoms with Crippen molar-refractivity contribution in [2.45, 2.75) is 13.8 Å². The fourth-order valence-corrected chi connectivity index (χ4v) is 2.52. The number of amides is 2. The van der Waals surface area contributed by atoms with E-state index in [1.807, 2.05) is 19.9 Å². The van der Waals surface area contributed by atoms with Crippen molar-refractivity contribution in [2.24, 2.45) is 0 Å². The molecule has 1 N–H and O–H groups in total. The Morgan fingerprint density at radius 2 is 1.81 bits per heavy atom. The van der Waals surface area contributed by atoms with E-state index in [1.165, 1.54) is 0 Å². The fourth-order valence-electron chi connectivity index (χ4n) is 2.52. The van der Waals surface area contributed by atoms with Gasteiger partial charge in [0.25, 0.3) is 17.5 Å². The van der Waals surface area contributed by atoms with E-state index in [2.05, 4.69) is 5.43 Å². The molecule has 2 aromatic rings. The van der Waals surface area contributed by atoms with Crippen molar-refractivity contribution in [1.82, 2.24) is 5.43 Å². The molecule has 0 aromatic heterocycles. The number of non-ortho nitro benzene ring substituents is 1. The number of nitrogens with zero attached hydrogens (tertiary/aromatic N) is 2. The third-order valence-corrected chi connectivity index (χ3v) is 4.14. The van der Waals surface area contributed by atoms with Crippen molar-refractivity contribution in [3.8, 4) is 5.75 Å². The van der Waals surface area contributed by atoms with Crippen molar-refractivity contribution in [3.63, 3.8) is 0 Å². The van der Waals surface area contributed by atoms with Crippen LogP contribution in [0.15, 0.2) is 42.0 Å². The molecule has 8 nitrogen and oxygen atoms in total. The number of hydrogen-bond donors (Lipinski definition) is 1. The second-order valence-electron chi connectivity index (χ2n) is 5.89. The molecule has 1 fully saturated rings. The molecule has 0 bridgehead atoms. The van der Waals surface area contributed by atoms with E-state index in [4.69, 9.17) is 0 Å². The van der Waals surface area contributed by atoms with Crippen LogP contribution in [0, 0.1) is 24.0 Å². The minimum atomic E-state index is -0.681. The van der Waals surface area contributed by atoms with E-state index in [-0.39, 0.29) is 16.8 Å². The Balaban J connectivity index is 1.99. The predicted octanol–water partition coefficient (Wildman–Crippen LogP) is 1.75. The summed E-state index contributed by atoms with van der Waals surface area (Å²) in [5, 5.41) is 23.8. The van der Waals surface area contributed by atoms with Crippen LogP contribution in [-0.4, -0.2) is 16.7 Å². The van der Waals surface area contributed by atoms with Gasteiger partial charge in [0, 0.05) is 12.1 Å². The van der Waals surface area contributed by atoms with Gasteiger partial charge >= 0.3 is 0 Å². The van der Waals surface area contributed by atoms with Crippen molar-refractivity contribution in [2.75, 3.05) is 5.01 Å². The summed E-state index contributed by atoms with van der Waals surface area (Å²) in [5.74, 6) is -1.84. The van der Waals surface area contributed by atoms with Crippen molar-refractivity contribution >= 4 is 29.3 Å². The number of aryl methyl sites for hydroxylation is 2. The molecule has 0 radical (unpaired) electrons. The molecule has 1 aliphatic rings. The van der Waals surface area contributed by atoms with Gasteiger partial charge < -0.3 is 5.11 Å². The second kappa shape index (κ2) is 6.32. The first-order valence-electron chi connectivity index (χ1n) is 7.68. The summed E-state index contributed by atoms with van der Waals surface area (Å²) in [5.41, 5.74) is 4.24. The number of nitrogens with one attached hydrogen (secondary N) is 1. The monoisotopic (exact) mass is 352 g/mol. The molecule has 1 heterocycles. The standard InChI is InChI=1S/C18H15N3O5/c1-10-3-4-13(7-11(10)2)20-18(24)15(17(23)19-20)9-12-8-14(21(25)26)5-6-16(12)22/h3-9,22H,1-2H3,(H,19,23)/p-1/b15-9+. The molecule has 2 aromatic carbocycles. The average Bonchev–Trinajstić information content (AvgIpc) is 2.87. The number of hydrazine groups is 1. The molecular formula is C18H14N3O5-. The number of nitro benzene ring substituents is 1. The first kappa shape index (κ1) is 17.2. The lowest BCUT2D eigenvalue weighted by molar-refractivity contribution is -0.385. The van der Waals surface area contributed by atoms with Crippen LogP contribution in [0.5, 0.6) is 5.75 Å². The van der Waals surface area contributed by atoms with Crippen LogP contribution in [0.3, 0.4) is 0 Å². The van der Waals surface area contributed by atoms with E-state index in [9.17, 15) is 24.8 Å². The molecule has 8 heteroatoms. The summed E-state index contributed by atoms with van der Waals surface area (Å²) in [6.45, 7) is 3.80. The molecule has 0 atom stereocenters. The number of rotatable bonds is 3. The van der Waals surface area contributed by atoms with Crippen LogP contribution < -0.4 is 15.5 Å². The summed E-state index contributed by atoms with van der Waals surface area (Å²) < 4.78 is 0. The van der Waals surface area contributed by atoms with Gasteiger partial charge in [0.05, 0.1) is 10.6 Å². The van der Waals surface area contributed by atoms with Gasteiger partial charge in [-0.2, -0.15) is 0 Å². The molecule has 0 unspecified atom stereocenters. The van der Waals surface area contributed by atoms with E-state index < -0.39 is 22.5 Å². The number of benzene rings is 2. The summed E-state index contributed by atoms with van der Waals surface area (Å²) >= 11 is 0. The number of hydrogen-bond acceptors (Lipinski definition) is 5. The van der Waals surface area contributed by atoms with Gasteiger partial charge in [0.15, 0.2) is 0 Å². The summed E-state index contributed by atoms with van der Waals surface area (Å²) in [6.07, 6.45) is 1.08. The van der Waals surface area contributed by atoms with Crippen molar-refractivity contribution < 1.29 is 19.6 Å². The zero-order chi connectivity index (χ0) is 19.0. The van der Waals surface area contributed by atoms with Crippen LogP contribution in [0.4, 0.5) is 11.4 Å². The normalized spacial score (nSPS) is 15.5. The van der Waals surface area contributed by atoms with Gasteiger partial charge in [-0.05, 0) is 48.7 Å². The number of carbonyl (C=O) groups excluding carboxylic acids is 2. The van der Waals surface area contributed by atoms with Crippen molar-refractivity contribution in [1.29, 1.82) is 0 Å². The number of nitro groups is 1. The Morgan fingerprint density at radius 3 is 2.46 bits per heavy atom. The first-order valence-corrected chi connectivity index (χ1v) is 7.68. The second-order valence-corrected chi connectivity index (χ2v) is 5.89. The molecule has 3 rings (SSSR count). The molecule has 0 saturated carbocycles. The van der Waals surface area contributed by atoms with Gasteiger partial charge in [-0.25, -0.2) is 5.01 Å². The van der Waals surface area contributed by atoms with Crippen LogP contribution in [0.1, 0.15) is 16.7 Å². The highest BCUT2D eigenvalue weighted by Crippen LogP contribution is 2.27. The fraction of sp³-hybridized carbons (Fsp3) is 0.111. The highest BCUT2D eigenvalue weighted by atomic mass is 16.6. The summed E-state index contributed by atoms with van der Waals surface area (Å²) in [4.78, 5) is 35.0. The molecule has 132 valence electrons. The topological polar surface area (TPSA) is 116 Å². The van der Waals surface area contributed by atoms with Crippen LogP contribution >= 0.6 is 0 Å². The Morgan fingerprint density at radius 1 is 1.08 bits per heavy atom. The Hall–Kier alpha value is -3.68. The molecule has 0 aliphatic carbocycles. The number of anilines is 1. The van der Waals surface area contributed by atoms with Gasteiger partial charge in [-0.1, -0.05) is 12.1 Å². The molecule has 0 spiro atoms. The third kappa shape index (κ3) is 3.00. The lowest BCUT2D eigenvalue weighted by Crippen LogP contribution is -2.35. The van der Waals surface area contributed by atoms with Gasteiger partial charge in [-0.15, -0.1) is 5.75 Å². The third-order valence-electron chi connectivity index (χ3n) is 4.14. The maximum absolute atomic E-state index is 12.6. The lowest BCUT2D eigenvalue weighted by Gasteiger charge is -2.16. The van der Waals surface area contributed by atoms with Gasteiger partial charge in [0.1, 0.15) is 5.57 Å². The molecule has 1 aliphatic heterocycles. The molecule has 26 heavy (non-hydrogen) atoms. The van der Waals surface area contributed by atoms with Crippen LogP contribution in [-0.2, 0) is 9.59 Å². The smallest absolute Gasteiger partial charge is 0.282 e. The summed E-state index contributed by atoms with van der Waals surface area (Å²) in [6, 6.07) is 8.40. The van der Waals surface area contributed by atoms with E-state index in [0.29, 0.717) is 5.69 Å². The van der Waals surface area contributed by atoms with Gasteiger partial charge in [0.2, 0.25) is 0 Å². The van der Waals surface area contributed by atoms with E-state index >= 15 is 0 Å². The maximum Gasteiger partial charge on any atom is 0.282 e. The summed E-state index contributed by atoms with van der Waals surface area (Å²) in [7, 11) is 0. The quantitative estimate of drug-likeness (QED) is 0.391. The Kier molecular flexibility index (Phi) is 4.17. The Bertz CT molecular complexity index is 981. The van der Waals surface area contributed by atoms with E-state index in [0.717, 1.165) is 40.4 Å². The van der Waals surface area contributed by atoms with Crippen molar-refractivity contribution in [3.05, 3.63) is 68.8 Å². The largest absolute Gasteiger partial charge is 0.872 e. The minimum Gasteiger partial charge on any atom is -0.872 e. The zero-order valence-corrected chi connectivity index (χ0v) is 14.0. The molecule has 2 amide bonds. The van der Waals surface area contributed by atoms with E-state index in [1.54, 1.807) is 12.1 Å². The van der Waals surface area contributed by atoms with Gasteiger partial charge in [-0.3, -0.25) is 25.1 Å². The Labute approximate surface area is 148 Å². The molecular weight excluding hydrogens is 338 g/mol. The maximum atomic E-state index is 12.6. The first-order chi connectivity index (χ1) is 12.3. The highest BCUT2D eigenvalue weighted by molar-refractivity contribution is 6.31. The van der Waals surface area contributed by atoms with Crippen LogP contribution in [0.2, 0.25) is 0 Å². The zero-order valence-electron chi connectivity index (χ0n) is 14.0. The predicted molar refractivity (Wildman–Crippen MR) is 92.1 cm³/mol. The highest BCUT2D eigenvalue weighted by Gasteiger charge is 2.34. The SMILES string of the molecule is Cc1ccc(N2NC(=O)/C(=C\c3cc([N+](=O)[O-])ccc3[O-])C2=O)cc1C. The average molecular weight is 352 g/mol. The number of carbonyl (C=O) groups is 2. The minimum absolute atomic E-state index is 0.0976. The van der Waals surface area contributed by atoms with Crippen LogP contribution in [0.25, 0.3) is 6.08 Å².